The van der Waals surface area contributed by atoms with Crippen molar-refractivity contribution in [3.8, 4) is 0 Å². The van der Waals surface area contributed by atoms with Gasteiger partial charge in [-0.15, -0.1) is 0 Å². The number of nitrogens with zero attached hydrogens (tertiary/aromatic N) is 3. The van der Waals surface area contributed by atoms with Gasteiger partial charge in [0.05, 0.1) is 6.33 Å². The van der Waals surface area contributed by atoms with Crippen LogP contribution in [-0.2, 0) is 13.0 Å². The average molecular weight is 362 g/mol. The summed E-state index contributed by atoms with van der Waals surface area (Å²) >= 11 is 0. The smallest absolute Gasteiger partial charge is 0.0945 e. The summed E-state index contributed by atoms with van der Waals surface area (Å²) < 4.78 is 2.13. The van der Waals surface area contributed by atoms with Crippen LogP contribution in [0.3, 0.4) is 0 Å². The molecule has 0 saturated carbocycles. The number of hydrogen-bond donors (Lipinski definition) is 0. The van der Waals surface area contributed by atoms with Crippen molar-refractivity contribution < 1.29 is 0 Å². The Kier molecular flexibility index (Phi) is 13.0. The Labute approximate surface area is 163 Å². The van der Waals surface area contributed by atoms with Crippen LogP contribution in [0.15, 0.2) is 43.1 Å². The first-order valence-corrected chi connectivity index (χ1v) is 9.01. The zero-order valence-corrected chi connectivity index (χ0v) is 16.4. The fraction of sp³-hybridized carbons (Fsp3) is 0.652. The third-order valence-corrected chi connectivity index (χ3v) is 3.76. The summed E-state index contributed by atoms with van der Waals surface area (Å²) in [5.74, 6) is 0. The van der Waals surface area contributed by atoms with Crippen molar-refractivity contribution in [2.24, 2.45) is 10.8 Å². The number of pyridine rings is 1. The molecule has 2 aromatic heterocycles. The second-order valence-electron chi connectivity index (χ2n) is 8.85. The molecule has 0 aliphatic rings. The highest BCUT2D eigenvalue weighted by Gasteiger charge is 2.10. The zero-order valence-electron chi connectivity index (χ0n) is 16.4. The predicted molar refractivity (Wildman–Crippen MR) is 116 cm³/mol. The van der Waals surface area contributed by atoms with Crippen LogP contribution in [0.5, 0.6) is 0 Å². The molecule has 0 aromatic carbocycles. The largest absolute Gasteiger partial charge is 0.337 e. The van der Waals surface area contributed by atoms with E-state index in [9.17, 15) is 0 Å². The Morgan fingerprint density at radius 2 is 1.54 bits per heavy atom. The van der Waals surface area contributed by atoms with Gasteiger partial charge in [-0.1, -0.05) is 62.5 Å². The van der Waals surface area contributed by atoms with E-state index < -0.39 is 0 Å². The Morgan fingerprint density at radius 1 is 0.885 bits per heavy atom. The van der Waals surface area contributed by atoms with Crippen LogP contribution in [-0.4, -0.2) is 14.5 Å². The molecule has 0 fully saturated rings. The van der Waals surface area contributed by atoms with Gasteiger partial charge in [0.2, 0.25) is 0 Å². The van der Waals surface area contributed by atoms with Gasteiger partial charge in [0.1, 0.15) is 0 Å². The van der Waals surface area contributed by atoms with Crippen LogP contribution < -0.4 is 0 Å². The maximum atomic E-state index is 4.28. The fourth-order valence-corrected chi connectivity index (χ4v) is 2.26. The number of aryl methyl sites for hydroxylation is 2. The lowest BCUT2D eigenvalue weighted by atomic mass is 9.90. The van der Waals surface area contributed by atoms with E-state index in [1.807, 2.05) is 37.1 Å². The molecule has 0 bridgehead atoms. The Bertz CT molecular complexity index is 531. The van der Waals surface area contributed by atoms with Gasteiger partial charge >= 0.3 is 0 Å². The lowest BCUT2D eigenvalue weighted by molar-refractivity contribution is 0.353. The Hall–Kier alpha value is -1.64. The summed E-state index contributed by atoms with van der Waals surface area (Å²) in [5, 5.41) is 0. The van der Waals surface area contributed by atoms with Crippen molar-refractivity contribution in [1.29, 1.82) is 0 Å². The molecule has 0 spiro atoms. The SMILES string of the molecule is C.C.CC(C)(C)CCCn1ccnc1.CC(C)(C)CCc1ccccn1. The van der Waals surface area contributed by atoms with E-state index in [2.05, 4.69) is 62.1 Å². The summed E-state index contributed by atoms with van der Waals surface area (Å²) in [6.07, 6.45) is 12.4. The molecule has 0 N–H and O–H groups in total. The third-order valence-electron chi connectivity index (χ3n) is 3.76. The molecule has 26 heavy (non-hydrogen) atoms. The van der Waals surface area contributed by atoms with Crippen molar-refractivity contribution in [2.75, 3.05) is 0 Å². The highest BCUT2D eigenvalue weighted by Crippen LogP contribution is 2.21. The number of rotatable bonds is 5. The first-order chi connectivity index (χ1) is 11.2. The van der Waals surface area contributed by atoms with Gasteiger partial charge in [-0.2, -0.15) is 0 Å². The fourth-order valence-electron chi connectivity index (χ4n) is 2.26. The van der Waals surface area contributed by atoms with Crippen molar-refractivity contribution in [1.82, 2.24) is 14.5 Å². The summed E-state index contributed by atoms with van der Waals surface area (Å²) in [4.78, 5) is 8.28. The molecule has 2 aromatic rings. The van der Waals surface area contributed by atoms with Gasteiger partial charge < -0.3 is 4.57 Å². The highest BCUT2D eigenvalue weighted by atomic mass is 15.0. The van der Waals surface area contributed by atoms with Gasteiger partial charge in [-0.3, -0.25) is 4.98 Å². The topological polar surface area (TPSA) is 30.7 Å². The first kappa shape index (κ1) is 26.6. The lowest BCUT2D eigenvalue weighted by Gasteiger charge is -2.17. The molecule has 2 rings (SSSR count). The molecule has 3 heteroatoms. The van der Waals surface area contributed by atoms with Crippen LogP contribution in [0, 0.1) is 10.8 Å². The van der Waals surface area contributed by atoms with Gasteiger partial charge in [0, 0.05) is 30.8 Å². The molecular weight excluding hydrogens is 318 g/mol. The minimum Gasteiger partial charge on any atom is -0.337 e. The van der Waals surface area contributed by atoms with E-state index in [0.717, 1.165) is 13.0 Å². The molecule has 2 heterocycles. The van der Waals surface area contributed by atoms with Crippen LogP contribution in [0.4, 0.5) is 0 Å². The van der Waals surface area contributed by atoms with Crippen LogP contribution in [0.25, 0.3) is 0 Å². The maximum absolute atomic E-state index is 4.28. The highest BCUT2D eigenvalue weighted by molar-refractivity contribution is 5.03. The van der Waals surface area contributed by atoms with Crippen LogP contribution >= 0.6 is 0 Å². The summed E-state index contributed by atoms with van der Waals surface area (Å²) in [7, 11) is 0. The van der Waals surface area contributed by atoms with E-state index in [4.69, 9.17) is 0 Å². The molecule has 0 aliphatic heterocycles. The van der Waals surface area contributed by atoms with Crippen LogP contribution in [0.2, 0.25) is 0 Å². The third kappa shape index (κ3) is 14.7. The number of imidazole rings is 1. The predicted octanol–water partition coefficient (Wildman–Crippen LogP) is 7.04. The van der Waals surface area contributed by atoms with Crippen molar-refractivity contribution in [2.45, 2.75) is 88.6 Å². The van der Waals surface area contributed by atoms with Crippen molar-refractivity contribution in [3.63, 3.8) is 0 Å². The minimum atomic E-state index is 0. The Balaban J connectivity index is 0. The molecule has 0 radical (unpaired) electrons. The van der Waals surface area contributed by atoms with Gasteiger partial charge in [0.15, 0.2) is 0 Å². The van der Waals surface area contributed by atoms with E-state index in [-0.39, 0.29) is 14.9 Å². The zero-order chi connectivity index (χ0) is 18.1. The summed E-state index contributed by atoms with van der Waals surface area (Å²) in [6.45, 7) is 14.7. The quantitative estimate of drug-likeness (QED) is 0.571. The molecular formula is C23H43N3. The van der Waals surface area contributed by atoms with Crippen molar-refractivity contribution >= 4 is 0 Å². The first-order valence-electron chi connectivity index (χ1n) is 9.01. The average Bonchev–Trinajstić information content (AvgIpc) is 2.98. The molecule has 0 atom stereocenters. The standard InChI is InChI=1S/C11H17N.C10H18N2.2CH4/c1-11(2,3)8-7-10-6-4-5-9-12-10;1-10(2,3)5-4-7-12-8-6-11-9-12;;/h4-6,9H,7-8H2,1-3H3;6,8-9H,4-5,7H2,1-3H3;2*1H4. The van der Waals surface area contributed by atoms with Crippen LogP contribution in [0.1, 0.15) is 81.4 Å². The normalized spacial score (nSPS) is 10.8. The summed E-state index contributed by atoms with van der Waals surface area (Å²) in [6, 6.07) is 6.09. The maximum Gasteiger partial charge on any atom is 0.0945 e. The Morgan fingerprint density at radius 3 is 2.00 bits per heavy atom. The molecule has 0 amide bonds. The van der Waals surface area contributed by atoms with E-state index in [1.54, 1.807) is 0 Å². The molecule has 0 unspecified atom stereocenters. The lowest BCUT2D eigenvalue weighted by Crippen LogP contribution is -2.06. The molecule has 3 nitrogen and oxygen atoms in total. The van der Waals surface area contributed by atoms with Gasteiger partial charge in [-0.05, 0) is 48.6 Å². The molecule has 0 aliphatic carbocycles. The number of aromatic nitrogens is 3. The monoisotopic (exact) mass is 361 g/mol. The van der Waals surface area contributed by atoms with Gasteiger partial charge in [-0.25, -0.2) is 4.98 Å². The van der Waals surface area contributed by atoms with E-state index >= 15 is 0 Å². The number of hydrogen-bond acceptors (Lipinski definition) is 2. The second-order valence-corrected chi connectivity index (χ2v) is 8.85. The van der Waals surface area contributed by atoms with Gasteiger partial charge in [0.25, 0.3) is 0 Å². The van der Waals surface area contributed by atoms with Crippen molar-refractivity contribution in [3.05, 3.63) is 48.8 Å². The van der Waals surface area contributed by atoms with E-state index in [0.29, 0.717) is 10.8 Å². The summed E-state index contributed by atoms with van der Waals surface area (Å²) in [5.41, 5.74) is 2.07. The molecule has 150 valence electrons. The second kappa shape index (κ2) is 12.7. The minimum absolute atomic E-state index is 0. The molecule has 0 saturated heterocycles. The van der Waals surface area contributed by atoms with E-state index in [1.165, 1.54) is 25.0 Å².